The van der Waals surface area contributed by atoms with Crippen LogP contribution in [0.15, 0.2) is 22.1 Å². The van der Waals surface area contributed by atoms with Crippen LogP contribution in [0.5, 0.6) is 0 Å². The number of rotatable bonds is 1. The Kier molecular flexibility index (Phi) is 2.30. The lowest BCUT2D eigenvalue weighted by atomic mass is 10.2. The number of nitriles is 1. The lowest BCUT2D eigenvalue weighted by molar-refractivity contribution is 1.14. The van der Waals surface area contributed by atoms with E-state index >= 15 is 0 Å². The minimum absolute atomic E-state index is 0.379. The molecule has 0 aromatic carbocycles. The molecule has 2 aromatic rings. The normalized spacial score (nSPS) is 10.2. The van der Waals surface area contributed by atoms with E-state index in [0.29, 0.717) is 6.42 Å². The summed E-state index contributed by atoms with van der Waals surface area (Å²) in [7, 11) is 0. The molecule has 0 saturated carbocycles. The van der Waals surface area contributed by atoms with E-state index in [1.165, 1.54) is 0 Å². The molecular weight excluding hydrogens is 248 g/mol. The SMILES string of the molecule is N#CCc1ncc(Br)c2ccsc12. The molecule has 64 valence electrons. The molecule has 2 nitrogen and oxygen atoms in total. The van der Waals surface area contributed by atoms with Gasteiger partial charge >= 0.3 is 0 Å². The molecule has 0 amide bonds. The maximum Gasteiger partial charge on any atom is 0.0789 e. The van der Waals surface area contributed by atoms with Gasteiger partial charge in [-0.05, 0) is 27.4 Å². The summed E-state index contributed by atoms with van der Waals surface area (Å²) in [6, 6.07) is 4.15. The highest BCUT2D eigenvalue weighted by Crippen LogP contribution is 2.29. The summed E-state index contributed by atoms with van der Waals surface area (Å²) in [5.74, 6) is 0. The van der Waals surface area contributed by atoms with E-state index in [0.717, 1.165) is 20.3 Å². The lowest BCUT2D eigenvalue weighted by Crippen LogP contribution is -1.87. The van der Waals surface area contributed by atoms with Gasteiger partial charge in [-0.1, -0.05) is 0 Å². The second kappa shape index (κ2) is 3.44. The zero-order chi connectivity index (χ0) is 9.26. The van der Waals surface area contributed by atoms with Crippen molar-refractivity contribution in [3.63, 3.8) is 0 Å². The predicted molar refractivity (Wildman–Crippen MR) is 56.6 cm³/mol. The number of aromatic nitrogens is 1. The number of nitrogens with zero attached hydrogens (tertiary/aromatic N) is 2. The molecule has 2 aromatic heterocycles. The standard InChI is InChI=1S/C9H5BrN2S/c10-7-5-12-8(1-3-11)9-6(7)2-4-13-9/h2,4-5H,1H2. The van der Waals surface area contributed by atoms with Gasteiger partial charge in [-0.2, -0.15) is 5.26 Å². The number of hydrogen-bond donors (Lipinski definition) is 0. The first-order chi connectivity index (χ1) is 6.33. The largest absolute Gasteiger partial charge is 0.258 e. The molecule has 0 spiro atoms. The van der Waals surface area contributed by atoms with E-state index < -0.39 is 0 Å². The highest BCUT2D eigenvalue weighted by Gasteiger charge is 2.06. The average molecular weight is 253 g/mol. The number of halogens is 1. The van der Waals surface area contributed by atoms with Crippen LogP contribution < -0.4 is 0 Å². The third-order valence-corrected chi connectivity index (χ3v) is 3.36. The van der Waals surface area contributed by atoms with Gasteiger partial charge in [0.2, 0.25) is 0 Å². The summed E-state index contributed by atoms with van der Waals surface area (Å²) in [6.45, 7) is 0. The van der Waals surface area contributed by atoms with Crippen molar-refractivity contribution < 1.29 is 0 Å². The fraction of sp³-hybridized carbons (Fsp3) is 0.111. The van der Waals surface area contributed by atoms with Crippen LogP contribution in [0.1, 0.15) is 5.69 Å². The first-order valence-electron chi connectivity index (χ1n) is 3.70. The Hall–Kier alpha value is -0.920. The van der Waals surface area contributed by atoms with Crippen molar-refractivity contribution in [1.29, 1.82) is 5.26 Å². The summed E-state index contributed by atoms with van der Waals surface area (Å²) >= 11 is 5.05. The summed E-state index contributed by atoms with van der Waals surface area (Å²) in [4.78, 5) is 4.21. The van der Waals surface area contributed by atoms with Gasteiger partial charge in [-0.25, -0.2) is 0 Å². The van der Waals surface area contributed by atoms with Crippen LogP contribution in [0.2, 0.25) is 0 Å². The molecule has 2 heterocycles. The van der Waals surface area contributed by atoms with Crippen LogP contribution >= 0.6 is 27.3 Å². The Morgan fingerprint density at radius 2 is 2.46 bits per heavy atom. The zero-order valence-corrected chi connectivity index (χ0v) is 9.02. The number of hydrogen-bond acceptors (Lipinski definition) is 3. The van der Waals surface area contributed by atoms with Crippen molar-refractivity contribution in [3.05, 3.63) is 27.8 Å². The van der Waals surface area contributed by atoms with E-state index in [-0.39, 0.29) is 0 Å². The van der Waals surface area contributed by atoms with Gasteiger partial charge in [0.1, 0.15) is 0 Å². The van der Waals surface area contributed by atoms with E-state index in [2.05, 4.69) is 27.0 Å². The minimum atomic E-state index is 0.379. The molecule has 13 heavy (non-hydrogen) atoms. The third-order valence-electron chi connectivity index (χ3n) is 1.76. The lowest BCUT2D eigenvalue weighted by Gasteiger charge is -1.97. The predicted octanol–water partition coefficient (Wildman–Crippen LogP) is 3.12. The zero-order valence-electron chi connectivity index (χ0n) is 6.62. The summed E-state index contributed by atoms with van der Waals surface area (Å²) in [5, 5.41) is 11.7. The van der Waals surface area contributed by atoms with Gasteiger partial charge in [0, 0.05) is 16.1 Å². The van der Waals surface area contributed by atoms with E-state index in [4.69, 9.17) is 5.26 Å². The van der Waals surface area contributed by atoms with E-state index in [9.17, 15) is 0 Å². The van der Waals surface area contributed by atoms with Crippen LogP contribution in [0.4, 0.5) is 0 Å². The fourth-order valence-electron chi connectivity index (χ4n) is 1.18. The second-order valence-electron chi connectivity index (χ2n) is 2.55. The summed E-state index contributed by atoms with van der Waals surface area (Å²) in [6.07, 6.45) is 2.13. The second-order valence-corrected chi connectivity index (χ2v) is 4.32. The van der Waals surface area contributed by atoms with Gasteiger partial charge in [0.05, 0.1) is 22.9 Å². The molecule has 0 saturated heterocycles. The third kappa shape index (κ3) is 1.45. The topological polar surface area (TPSA) is 36.7 Å². The molecule has 0 bridgehead atoms. The molecular formula is C9H5BrN2S. The average Bonchev–Trinajstić information content (AvgIpc) is 2.59. The highest BCUT2D eigenvalue weighted by atomic mass is 79.9. The van der Waals surface area contributed by atoms with Crippen LogP contribution in [0.3, 0.4) is 0 Å². The van der Waals surface area contributed by atoms with Crippen molar-refractivity contribution >= 4 is 37.4 Å². The first kappa shape index (κ1) is 8.67. The number of fused-ring (bicyclic) bond motifs is 1. The summed E-state index contributed by atoms with van der Waals surface area (Å²) < 4.78 is 2.10. The maximum atomic E-state index is 8.59. The smallest absolute Gasteiger partial charge is 0.0789 e. The molecule has 0 aliphatic heterocycles. The molecule has 0 aliphatic rings. The van der Waals surface area contributed by atoms with Gasteiger partial charge in [-0.15, -0.1) is 11.3 Å². The monoisotopic (exact) mass is 252 g/mol. The van der Waals surface area contributed by atoms with E-state index in [1.807, 2.05) is 11.4 Å². The minimum Gasteiger partial charge on any atom is -0.258 e. The van der Waals surface area contributed by atoms with Crippen molar-refractivity contribution in [2.45, 2.75) is 6.42 Å². The van der Waals surface area contributed by atoms with Crippen LogP contribution in [-0.2, 0) is 6.42 Å². The number of pyridine rings is 1. The molecule has 0 aliphatic carbocycles. The molecule has 0 radical (unpaired) electrons. The first-order valence-corrected chi connectivity index (χ1v) is 5.37. The molecule has 4 heteroatoms. The van der Waals surface area contributed by atoms with Crippen LogP contribution in [0.25, 0.3) is 10.1 Å². The van der Waals surface area contributed by atoms with Crippen molar-refractivity contribution in [2.24, 2.45) is 0 Å². The number of thiophene rings is 1. The van der Waals surface area contributed by atoms with Gasteiger partial charge < -0.3 is 0 Å². The maximum absolute atomic E-state index is 8.59. The Bertz CT molecular complexity index is 484. The van der Waals surface area contributed by atoms with Gasteiger partial charge in [0.25, 0.3) is 0 Å². The molecule has 2 rings (SSSR count). The fourth-order valence-corrected chi connectivity index (χ4v) is 2.65. The van der Waals surface area contributed by atoms with Crippen molar-refractivity contribution in [2.75, 3.05) is 0 Å². The Morgan fingerprint density at radius 3 is 3.23 bits per heavy atom. The molecule has 0 N–H and O–H groups in total. The Labute approximate surface area is 88.0 Å². The van der Waals surface area contributed by atoms with Crippen LogP contribution in [0, 0.1) is 11.3 Å². The van der Waals surface area contributed by atoms with Crippen molar-refractivity contribution in [1.82, 2.24) is 4.98 Å². The van der Waals surface area contributed by atoms with Gasteiger partial charge in [-0.3, -0.25) is 4.98 Å². The molecule has 0 atom stereocenters. The Morgan fingerprint density at radius 1 is 1.62 bits per heavy atom. The summed E-state index contributed by atoms with van der Waals surface area (Å²) in [5.41, 5.74) is 0.871. The van der Waals surface area contributed by atoms with Crippen molar-refractivity contribution in [3.8, 4) is 6.07 Å². The Balaban J connectivity index is 2.72. The van der Waals surface area contributed by atoms with Gasteiger partial charge in [0.15, 0.2) is 0 Å². The molecule has 0 fully saturated rings. The van der Waals surface area contributed by atoms with E-state index in [1.54, 1.807) is 17.5 Å². The highest BCUT2D eigenvalue weighted by molar-refractivity contribution is 9.10. The molecule has 0 unspecified atom stereocenters. The van der Waals surface area contributed by atoms with Crippen LogP contribution in [-0.4, -0.2) is 4.98 Å². The quantitative estimate of drug-likeness (QED) is 0.782.